The number of nitrogens with zero attached hydrogens (tertiary/aromatic N) is 2. The molecule has 0 aliphatic heterocycles. The van der Waals surface area contributed by atoms with Crippen molar-refractivity contribution in [3.8, 4) is 0 Å². The Kier molecular flexibility index (Phi) is 11.4. The molecule has 0 unspecified atom stereocenters. The summed E-state index contributed by atoms with van der Waals surface area (Å²) < 4.78 is 45.2. The SMILES string of the molecule is CCNC(=NCC(=O)Nc1ccc(F)c(F)c1F)NCc1cc(C(CC)CC)no1.I. The molecule has 0 saturated heterocycles. The first-order chi connectivity index (χ1) is 14.4. The molecular weight excluding hydrogens is 526 g/mol. The third-order valence-electron chi connectivity index (χ3n) is 4.45. The molecule has 0 aliphatic carbocycles. The molecule has 7 nitrogen and oxygen atoms in total. The van der Waals surface area contributed by atoms with Gasteiger partial charge in [0.1, 0.15) is 6.54 Å². The standard InChI is InChI=1S/C20H26F3N5O2.HI/c1-4-12(5-2)16-9-13(30-28-16)10-25-20(24-6-3)26-11-17(29)27-15-8-7-14(21)18(22)19(15)23;/h7-9,12H,4-6,10-11H2,1-3H3,(H,27,29)(H2,24,25,26);1H. The van der Waals surface area contributed by atoms with Crippen LogP contribution < -0.4 is 16.0 Å². The van der Waals surface area contributed by atoms with Crippen LogP contribution in [0.25, 0.3) is 0 Å². The molecule has 2 rings (SSSR count). The van der Waals surface area contributed by atoms with Gasteiger partial charge < -0.3 is 20.5 Å². The van der Waals surface area contributed by atoms with Crippen LogP contribution in [0, 0.1) is 17.5 Å². The van der Waals surface area contributed by atoms with Gasteiger partial charge in [0, 0.05) is 18.5 Å². The minimum absolute atomic E-state index is 0. The maximum Gasteiger partial charge on any atom is 0.246 e. The fourth-order valence-corrected chi connectivity index (χ4v) is 2.79. The number of guanidine groups is 1. The second-order valence-electron chi connectivity index (χ2n) is 6.55. The monoisotopic (exact) mass is 553 g/mol. The smallest absolute Gasteiger partial charge is 0.246 e. The van der Waals surface area contributed by atoms with E-state index in [1.807, 2.05) is 13.0 Å². The second-order valence-corrected chi connectivity index (χ2v) is 6.55. The molecule has 0 spiro atoms. The van der Waals surface area contributed by atoms with Crippen molar-refractivity contribution in [3.05, 3.63) is 47.1 Å². The van der Waals surface area contributed by atoms with E-state index in [2.05, 4.69) is 39.9 Å². The molecule has 0 atom stereocenters. The van der Waals surface area contributed by atoms with Crippen molar-refractivity contribution < 1.29 is 22.5 Å². The Morgan fingerprint density at radius 1 is 1.13 bits per heavy atom. The third-order valence-corrected chi connectivity index (χ3v) is 4.45. The number of aromatic nitrogens is 1. The van der Waals surface area contributed by atoms with Crippen LogP contribution in [0.15, 0.2) is 27.7 Å². The van der Waals surface area contributed by atoms with Crippen molar-refractivity contribution in [2.75, 3.05) is 18.4 Å². The van der Waals surface area contributed by atoms with Gasteiger partial charge in [-0.1, -0.05) is 19.0 Å². The van der Waals surface area contributed by atoms with E-state index < -0.39 is 29.0 Å². The van der Waals surface area contributed by atoms with Gasteiger partial charge in [0.15, 0.2) is 29.2 Å². The highest BCUT2D eigenvalue weighted by Gasteiger charge is 2.16. The number of rotatable bonds is 9. The van der Waals surface area contributed by atoms with Crippen LogP contribution in [0.5, 0.6) is 0 Å². The molecule has 1 aromatic carbocycles. The van der Waals surface area contributed by atoms with Crippen LogP contribution in [-0.4, -0.2) is 30.1 Å². The largest absolute Gasteiger partial charge is 0.359 e. The van der Waals surface area contributed by atoms with Crippen molar-refractivity contribution >= 4 is 41.5 Å². The van der Waals surface area contributed by atoms with Gasteiger partial charge in [0.2, 0.25) is 5.91 Å². The third kappa shape index (κ3) is 7.71. The lowest BCUT2D eigenvalue weighted by molar-refractivity contribution is -0.114. The van der Waals surface area contributed by atoms with Crippen molar-refractivity contribution in [2.45, 2.75) is 46.1 Å². The second kappa shape index (κ2) is 13.2. The first kappa shape index (κ1) is 26.7. The minimum atomic E-state index is -1.65. The Balaban J connectivity index is 0.00000480. The predicted molar refractivity (Wildman–Crippen MR) is 123 cm³/mol. The summed E-state index contributed by atoms with van der Waals surface area (Å²) in [5.41, 5.74) is 0.439. The van der Waals surface area contributed by atoms with Gasteiger partial charge in [-0.05, 0) is 31.9 Å². The number of carbonyl (C=O) groups is 1. The molecule has 172 valence electrons. The number of hydrogen-bond donors (Lipinski definition) is 3. The van der Waals surface area contributed by atoms with Gasteiger partial charge in [-0.2, -0.15) is 0 Å². The molecule has 0 fully saturated rings. The van der Waals surface area contributed by atoms with Crippen LogP contribution in [0.3, 0.4) is 0 Å². The Labute approximate surface area is 196 Å². The van der Waals surface area contributed by atoms with Gasteiger partial charge in [-0.15, -0.1) is 24.0 Å². The summed E-state index contributed by atoms with van der Waals surface area (Å²) in [6, 6.07) is 3.56. The number of carbonyl (C=O) groups excluding carboxylic acids is 1. The van der Waals surface area contributed by atoms with Crippen LogP contribution in [0.1, 0.15) is 51.0 Å². The quantitative estimate of drug-likeness (QED) is 0.187. The van der Waals surface area contributed by atoms with Crippen LogP contribution in [-0.2, 0) is 11.3 Å². The first-order valence-electron chi connectivity index (χ1n) is 9.80. The van der Waals surface area contributed by atoms with E-state index in [4.69, 9.17) is 4.52 Å². The van der Waals surface area contributed by atoms with Crippen LogP contribution in [0.2, 0.25) is 0 Å². The van der Waals surface area contributed by atoms with Crippen LogP contribution >= 0.6 is 24.0 Å². The molecule has 1 amide bonds. The zero-order valence-corrected chi connectivity index (χ0v) is 19.9. The van der Waals surface area contributed by atoms with E-state index in [0.29, 0.717) is 30.7 Å². The number of anilines is 1. The van der Waals surface area contributed by atoms with E-state index in [1.165, 1.54) is 0 Å². The maximum absolute atomic E-state index is 13.7. The fraction of sp³-hybridized carbons (Fsp3) is 0.450. The number of aliphatic imine (C=N–C) groups is 1. The van der Waals surface area contributed by atoms with Crippen molar-refractivity contribution in [2.24, 2.45) is 4.99 Å². The Hall–Kier alpha value is -2.31. The molecule has 11 heteroatoms. The molecule has 0 bridgehead atoms. The van der Waals surface area contributed by atoms with Crippen molar-refractivity contribution in [3.63, 3.8) is 0 Å². The summed E-state index contributed by atoms with van der Waals surface area (Å²) in [6.07, 6.45) is 1.93. The summed E-state index contributed by atoms with van der Waals surface area (Å²) in [5.74, 6) is -3.84. The Bertz CT molecular complexity index is 888. The lowest BCUT2D eigenvalue weighted by Gasteiger charge is -2.10. The normalized spacial score (nSPS) is 11.3. The first-order valence-corrected chi connectivity index (χ1v) is 9.80. The average molecular weight is 553 g/mol. The zero-order valence-electron chi connectivity index (χ0n) is 17.6. The topological polar surface area (TPSA) is 91.5 Å². The lowest BCUT2D eigenvalue weighted by atomic mass is 9.99. The molecule has 0 saturated carbocycles. The minimum Gasteiger partial charge on any atom is -0.359 e. The Morgan fingerprint density at radius 3 is 2.48 bits per heavy atom. The predicted octanol–water partition coefficient (Wildman–Crippen LogP) is 4.31. The van der Waals surface area contributed by atoms with Gasteiger partial charge >= 0.3 is 0 Å². The number of halogens is 4. The molecule has 1 heterocycles. The highest BCUT2D eigenvalue weighted by atomic mass is 127. The van der Waals surface area contributed by atoms with Crippen molar-refractivity contribution in [1.82, 2.24) is 15.8 Å². The van der Waals surface area contributed by atoms with E-state index in [9.17, 15) is 18.0 Å². The fourth-order valence-electron chi connectivity index (χ4n) is 2.79. The van der Waals surface area contributed by atoms with Gasteiger partial charge in [0.05, 0.1) is 17.9 Å². The maximum atomic E-state index is 13.7. The summed E-state index contributed by atoms with van der Waals surface area (Å²) >= 11 is 0. The lowest BCUT2D eigenvalue weighted by Crippen LogP contribution is -2.37. The van der Waals surface area contributed by atoms with Crippen molar-refractivity contribution in [1.29, 1.82) is 0 Å². The molecule has 0 aliphatic rings. The Morgan fingerprint density at radius 2 is 1.84 bits per heavy atom. The van der Waals surface area contributed by atoms with Crippen LogP contribution in [0.4, 0.5) is 18.9 Å². The summed E-state index contributed by atoms with van der Waals surface area (Å²) in [7, 11) is 0. The van der Waals surface area contributed by atoms with E-state index in [1.54, 1.807) is 0 Å². The molecule has 0 radical (unpaired) electrons. The number of amides is 1. The summed E-state index contributed by atoms with van der Waals surface area (Å²) in [6.45, 7) is 6.53. The zero-order chi connectivity index (χ0) is 22.1. The summed E-state index contributed by atoms with van der Waals surface area (Å²) in [5, 5.41) is 12.2. The number of nitrogens with one attached hydrogen (secondary N) is 3. The number of hydrogen-bond acceptors (Lipinski definition) is 4. The molecule has 31 heavy (non-hydrogen) atoms. The highest BCUT2D eigenvalue weighted by molar-refractivity contribution is 14.0. The van der Waals surface area contributed by atoms with Gasteiger partial charge in [-0.25, -0.2) is 18.2 Å². The van der Waals surface area contributed by atoms with E-state index in [0.717, 1.165) is 30.7 Å². The van der Waals surface area contributed by atoms with Gasteiger partial charge in [0.25, 0.3) is 0 Å². The van der Waals surface area contributed by atoms with Gasteiger partial charge in [-0.3, -0.25) is 4.79 Å². The molecule has 3 N–H and O–H groups in total. The average Bonchev–Trinajstić information content (AvgIpc) is 3.20. The molecule has 2 aromatic rings. The number of benzene rings is 1. The van der Waals surface area contributed by atoms with E-state index >= 15 is 0 Å². The molecule has 1 aromatic heterocycles. The molecular formula is C20H27F3IN5O2. The summed E-state index contributed by atoms with van der Waals surface area (Å²) in [4.78, 5) is 16.1. The highest BCUT2D eigenvalue weighted by Crippen LogP contribution is 2.22. The van der Waals surface area contributed by atoms with E-state index in [-0.39, 0.29) is 30.5 Å².